The van der Waals surface area contributed by atoms with Crippen molar-refractivity contribution in [1.82, 2.24) is 0 Å². The van der Waals surface area contributed by atoms with Crippen LogP contribution < -0.4 is 11.5 Å². The van der Waals surface area contributed by atoms with Gasteiger partial charge in [-0.1, -0.05) is 57.8 Å². The maximum atomic E-state index is 8.69. The van der Waals surface area contributed by atoms with Crippen LogP contribution in [0, 0.1) is 22.7 Å². The van der Waals surface area contributed by atoms with E-state index in [1.807, 2.05) is 24.3 Å². The number of halogens is 2. The van der Waals surface area contributed by atoms with Crippen LogP contribution in [0.25, 0.3) is 0 Å². The number of fused-ring (bicyclic) bond motifs is 6. The molecule has 10 heteroatoms. The third kappa shape index (κ3) is 4.86. The Hall–Kier alpha value is -2.14. The van der Waals surface area contributed by atoms with Crippen LogP contribution in [0.3, 0.4) is 0 Å². The highest BCUT2D eigenvalue weighted by Crippen LogP contribution is 2.63. The molecule has 8 rings (SSSR count). The van der Waals surface area contributed by atoms with Crippen LogP contribution in [0.4, 0.5) is 0 Å². The first-order chi connectivity index (χ1) is 23.5. The van der Waals surface area contributed by atoms with E-state index in [-0.39, 0.29) is 35.1 Å². The Bertz CT molecular complexity index is 1640. The Balaban J connectivity index is 0.000000157. The lowest BCUT2D eigenvalue weighted by atomic mass is 9.59. The number of aliphatic imine (C=N–C) groups is 2. The predicted molar refractivity (Wildman–Crippen MR) is 187 cm³/mol. The quantitative estimate of drug-likeness (QED) is 0.351. The van der Waals surface area contributed by atoms with Crippen LogP contribution in [0.2, 0.25) is 0 Å². The van der Waals surface area contributed by atoms with E-state index in [4.69, 9.17) is 35.9 Å². The van der Waals surface area contributed by atoms with E-state index in [0.29, 0.717) is 11.8 Å². The molecule has 4 N–H and O–H groups in total. The number of amidine groups is 2. The molecule has 2 aromatic carbocycles. The summed E-state index contributed by atoms with van der Waals surface area (Å²) in [6.07, 6.45) is 7.09. The molecule has 2 fully saturated rings. The second-order valence-corrected chi connectivity index (χ2v) is 16.1. The zero-order valence-electron chi connectivity index (χ0n) is 30.9. The molecular weight excluding hydrogens is 712 g/mol. The fourth-order valence-electron chi connectivity index (χ4n) is 9.78. The molecule has 248 valence electrons. The zero-order valence-corrected chi connectivity index (χ0v) is 30.0. The number of nitrogens with two attached hydrogens (primary N) is 2. The summed E-state index contributed by atoms with van der Waals surface area (Å²) >= 11 is 7.06. The summed E-state index contributed by atoms with van der Waals surface area (Å²) in [5.41, 5.74) is 12.9. The zero-order chi connectivity index (χ0) is 36.1. The fraction of sp³-hybridized carbons (Fsp3) is 0.611. The van der Waals surface area contributed by atoms with Crippen LogP contribution in [0.15, 0.2) is 55.3 Å². The Morgan fingerprint density at radius 3 is 1.50 bits per heavy atom. The maximum absolute atomic E-state index is 8.69. The monoisotopic (exact) mass is 760 g/mol. The Kier molecular flexibility index (Phi) is 7.11. The highest BCUT2D eigenvalue weighted by atomic mass is 79.9. The van der Waals surface area contributed by atoms with Crippen molar-refractivity contribution in [1.29, 1.82) is 0 Å². The molecule has 0 radical (unpaired) electrons. The van der Waals surface area contributed by atoms with E-state index in [9.17, 15) is 0 Å². The van der Waals surface area contributed by atoms with Crippen molar-refractivity contribution in [3.8, 4) is 0 Å². The van der Waals surface area contributed by atoms with E-state index in [1.165, 1.54) is 0 Å². The minimum absolute atomic E-state index is 0.0567. The van der Waals surface area contributed by atoms with Crippen molar-refractivity contribution in [2.45, 2.75) is 88.5 Å². The van der Waals surface area contributed by atoms with Crippen molar-refractivity contribution < 1.29 is 24.4 Å². The highest BCUT2D eigenvalue weighted by molar-refractivity contribution is 9.10. The van der Waals surface area contributed by atoms with Gasteiger partial charge in [-0.2, -0.15) is 0 Å². The molecule has 0 amide bonds. The van der Waals surface area contributed by atoms with Gasteiger partial charge in [-0.3, -0.25) is 0 Å². The Labute approximate surface area is 294 Å². The fourth-order valence-corrected chi connectivity index (χ4v) is 10.5. The third-order valence-electron chi connectivity index (χ3n) is 11.8. The normalized spacial score (nSPS) is 42.1. The smallest absolute Gasteiger partial charge is 0.283 e. The standard InChI is InChI=1S/2C18H23BrN2O2/c2*1-11-8-17(6-5-15(11)22-2)9-12-3-4-13(19)7-14(12)18(17)10-23-16(20)21-18/h2*3-4,7,11,15H,5-6,8-10H2,1-2H3,(H2,20,21)/t11-,15-,17-,18+;11-,15-,17-,18-/m10/s1/i2*10D2. The summed E-state index contributed by atoms with van der Waals surface area (Å²) in [7, 11) is 3.51. The van der Waals surface area contributed by atoms with E-state index in [2.05, 4.69) is 67.8 Å². The number of hydrogen-bond donors (Lipinski definition) is 2. The number of ether oxygens (including phenoxy) is 4. The number of methoxy groups -OCH3 is 2. The van der Waals surface area contributed by atoms with Crippen LogP contribution in [0.1, 0.15) is 80.1 Å². The summed E-state index contributed by atoms with van der Waals surface area (Å²) in [4.78, 5) is 9.31. The van der Waals surface area contributed by atoms with E-state index < -0.39 is 24.2 Å². The van der Waals surface area contributed by atoms with Gasteiger partial charge in [0, 0.05) is 34.0 Å². The number of rotatable bonds is 2. The van der Waals surface area contributed by atoms with Gasteiger partial charge in [-0.25, -0.2) is 9.98 Å². The molecule has 4 aliphatic carbocycles. The molecule has 2 saturated carbocycles. The Morgan fingerprint density at radius 2 is 1.17 bits per heavy atom. The molecule has 0 bridgehead atoms. The molecule has 4 spiro atoms. The molecule has 2 aromatic rings. The summed E-state index contributed by atoms with van der Waals surface area (Å²) in [6, 6.07) is 12.0. The molecule has 0 saturated heterocycles. The van der Waals surface area contributed by atoms with Crippen molar-refractivity contribution >= 4 is 43.9 Å². The maximum Gasteiger partial charge on any atom is 0.283 e. The van der Waals surface area contributed by atoms with Crippen molar-refractivity contribution in [2.24, 2.45) is 44.1 Å². The first kappa shape index (κ1) is 27.8. The van der Waals surface area contributed by atoms with Gasteiger partial charge in [-0.05, 0) is 110 Å². The molecule has 8 atom stereocenters. The predicted octanol–water partition coefficient (Wildman–Crippen LogP) is 6.73. The van der Waals surface area contributed by atoms with Crippen molar-refractivity contribution in [3.05, 3.63) is 67.6 Å². The summed E-state index contributed by atoms with van der Waals surface area (Å²) in [5.74, 6) is 0.641. The first-order valence-corrected chi connectivity index (χ1v) is 17.8. The van der Waals surface area contributed by atoms with Gasteiger partial charge < -0.3 is 30.4 Å². The number of nitrogens with zero attached hydrogens (tertiary/aromatic N) is 2. The molecule has 46 heavy (non-hydrogen) atoms. The van der Waals surface area contributed by atoms with Gasteiger partial charge in [0.15, 0.2) is 0 Å². The van der Waals surface area contributed by atoms with Gasteiger partial charge in [0.1, 0.15) is 24.2 Å². The van der Waals surface area contributed by atoms with Crippen molar-refractivity contribution in [2.75, 3.05) is 27.3 Å². The van der Waals surface area contributed by atoms with Gasteiger partial charge in [0.2, 0.25) is 0 Å². The molecule has 0 unspecified atom stereocenters. The molecule has 6 aliphatic rings. The average Bonchev–Trinajstić information content (AvgIpc) is 3.64. The second-order valence-electron chi connectivity index (χ2n) is 14.2. The minimum Gasteiger partial charge on any atom is -0.462 e. The van der Waals surface area contributed by atoms with Gasteiger partial charge in [0.05, 0.1) is 17.7 Å². The van der Waals surface area contributed by atoms with Gasteiger partial charge >= 0.3 is 0 Å². The molecular formula is C36H46Br2N4O4. The summed E-state index contributed by atoms with van der Waals surface area (Å²) < 4.78 is 58.7. The third-order valence-corrected chi connectivity index (χ3v) is 12.8. The van der Waals surface area contributed by atoms with E-state index in [1.54, 1.807) is 14.2 Å². The van der Waals surface area contributed by atoms with E-state index >= 15 is 0 Å². The SMILES string of the molecule is [2H]C1([2H])OC(N)=N[C@]12c1cc(Br)ccc1C[C@@]21CC[C@H](OC)[C@@H](C)C1.[2H]C1([2H])OC(N)=N[C@]12c1cc(Br)ccc1C[C@]21CC[C@@H](OC)[C@H](C)C1. The second kappa shape index (κ2) is 11.8. The average molecular weight is 763 g/mol. The first-order valence-electron chi connectivity index (χ1n) is 18.2. The van der Waals surface area contributed by atoms with Gasteiger partial charge in [-0.15, -0.1) is 0 Å². The topological polar surface area (TPSA) is 114 Å². The van der Waals surface area contributed by atoms with Crippen LogP contribution >= 0.6 is 31.9 Å². The molecule has 2 aliphatic heterocycles. The highest BCUT2D eigenvalue weighted by Gasteiger charge is 2.63. The van der Waals surface area contributed by atoms with E-state index in [0.717, 1.165) is 82.6 Å². The number of hydrogen-bond acceptors (Lipinski definition) is 8. The van der Waals surface area contributed by atoms with Gasteiger partial charge in [0.25, 0.3) is 12.0 Å². The molecule has 2 heterocycles. The van der Waals surface area contributed by atoms with Crippen LogP contribution in [0.5, 0.6) is 0 Å². The van der Waals surface area contributed by atoms with Crippen LogP contribution in [-0.4, -0.2) is 51.6 Å². The minimum atomic E-state index is -1.97. The van der Waals surface area contributed by atoms with Crippen LogP contribution in [-0.2, 0) is 42.9 Å². The molecule has 8 nitrogen and oxygen atoms in total. The lowest BCUT2D eigenvalue weighted by molar-refractivity contribution is -0.0445. The lowest BCUT2D eigenvalue weighted by Crippen LogP contribution is -2.48. The number of benzene rings is 2. The summed E-state index contributed by atoms with van der Waals surface area (Å²) in [5, 5.41) is 0. The lowest BCUT2D eigenvalue weighted by Gasteiger charge is -2.47. The Morgan fingerprint density at radius 1 is 0.761 bits per heavy atom. The molecule has 0 aromatic heterocycles. The summed E-state index contributed by atoms with van der Waals surface area (Å²) in [6.45, 7) is 0.422. The largest absolute Gasteiger partial charge is 0.462 e. The van der Waals surface area contributed by atoms with Crippen molar-refractivity contribution in [3.63, 3.8) is 0 Å².